The molecule has 0 spiro atoms. The van der Waals surface area contributed by atoms with Crippen LogP contribution in [0.2, 0.25) is 0 Å². The summed E-state index contributed by atoms with van der Waals surface area (Å²) in [5.74, 6) is -0.533. The molecule has 3 aromatic carbocycles. The minimum Gasteiger partial charge on any atom is -0.371 e. The van der Waals surface area contributed by atoms with Crippen molar-refractivity contribution in [2.75, 3.05) is 18.0 Å². The van der Waals surface area contributed by atoms with Crippen molar-refractivity contribution >= 4 is 33.4 Å². The molecule has 1 heterocycles. The number of carbonyl (C=O) groups is 2. The number of rotatable bonds is 6. The minimum absolute atomic E-state index is 0.0680. The van der Waals surface area contributed by atoms with E-state index >= 15 is 0 Å². The first-order valence-electron chi connectivity index (χ1n) is 10.9. The smallest absolute Gasteiger partial charge is 0.253 e. The first-order chi connectivity index (χ1) is 16.0. The molecule has 4 rings (SSSR count). The Bertz CT molecular complexity index is 1110. The van der Waals surface area contributed by atoms with Crippen LogP contribution in [-0.4, -0.2) is 30.9 Å². The Morgan fingerprint density at radius 2 is 1.58 bits per heavy atom. The summed E-state index contributed by atoms with van der Waals surface area (Å²) in [6.45, 7) is 1.82. The van der Waals surface area contributed by atoms with E-state index < -0.39 is 0 Å². The van der Waals surface area contributed by atoms with Crippen LogP contribution in [0.15, 0.2) is 77.3 Å². The quantitative estimate of drug-likeness (QED) is 0.495. The Morgan fingerprint density at radius 1 is 0.909 bits per heavy atom. The maximum atomic E-state index is 13.1. The number of hydrogen-bond acceptors (Lipinski definition) is 3. The van der Waals surface area contributed by atoms with Crippen LogP contribution in [0.3, 0.4) is 0 Å². The molecular formula is C26H25BrFN3O2. The van der Waals surface area contributed by atoms with Gasteiger partial charge in [-0.15, -0.1) is 0 Å². The van der Waals surface area contributed by atoms with Crippen molar-refractivity contribution in [3.8, 4) is 0 Å². The third-order valence-electron chi connectivity index (χ3n) is 5.79. The van der Waals surface area contributed by atoms with Gasteiger partial charge in [0, 0.05) is 41.4 Å². The van der Waals surface area contributed by atoms with E-state index in [9.17, 15) is 14.0 Å². The maximum Gasteiger partial charge on any atom is 0.253 e. The number of para-hydroxylation sites is 1. The van der Waals surface area contributed by atoms with Crippen LogP contribution in [0.1, 0.15) is 39.1 Å². The van der Waals surface area contributed by atoms with Crippen molar-refractivity contribution in [1.29, 1.82) is 0 Å². The molecule has 1 saturated heterocycles. The molecule has 0 radical (unpaired) electrons. The fourth-order valence-corrected chi connectivity index (χ4v) is 4.22. The number of piperidine rings is 1. The summed E-state index contributed by atoms with van der Waals surface area (Å²) in [4.78, 5) is 27.6. The molecule has 0 atom stereocenters. The largest absolute Gasteiger partial charge is 0.371 e. The molecule has 0 aromatic heterocycles. The van der Waals surface area contributed by atoms with E-state index in [2.05, 4.69) is 31.5 Å². The number of anilines is 1. The lowest BCUT2D eigenvalue weighted by Crippen LogP contribution is -2.45. The third-order valence-corrected chi connectivity index (χ3v) is 6.32. The molecule has 0 saturated carbocycles. The number of halogens is 2. The molecule has 0 unspecified atom stereocenters. The van der Waals surface area contributed by atoms with Gasteiger partial charge in [-0.1, -0.05) is 40.2 Å². The van der Waals surface area contributed by atoms with Gasteiger partial charge in [0.25, 0.3) is 11.8 Å². The highest BCUT2D eigenvalue weighted by Crippen LogP contribution is 2.25. The third kappa shape index (κ3) is 5.99. The summed E-state index contributed by atoms with van der Waals surface area (Å²) in [5.41, 5.74) is 2.97. The molecule has 2 amide bonds. The lowest BCUT2D eigenvalue weighted by atomic mass is 10.0. The lowest BCUT2D eigenvalue weighted by molar-refractivity contribution is 0.0929. The van der Waals surface area contributed by atoms with Gasteiger partial charge in [0.15, 0.2) is 0 Å². The second-order valence-electron chi connectivity index (χ2n) is 8.07. The Morgan fingerprint density at radius 3 is 2.27 bits per heavy atom. The fraction of sp³-hybridized carbons (Fsp3) is 0.231. The van der Waals surface area contributed by atoms with Gasteiger partial charge >= 0.3 is 0 Å². The van der Waals surface area contributed by atoms with Crippen molar-refractivity contribution < 1.29 is 14.0 Å². The van der Waals surface area contributed by atoms with Crippen molar-refractivity contribution in [2.24, 2.45) is 0 Å². The highest BCUT2D eigenvalue weighted by Gasteiger charge is 2.24. The topological polar surface area (TPSA) is 61.4 Å². The SMILES string of the molecule is O=C(NC1CCN(c2ccccc2C(=O)NCc2ccc(F)cc2)CC1)c1ccc(Br)cc1. The summed E-state index contributed by atoms with van der Waals surface area (Å²) >= 11 is 3.38. The molecular weight excluding hydrogens is 485 g/mol. The summed E-state index contributed by atoms with van der Waals surface area (Å²) in [6, 6.07) is 21.0. The molecule has 1 aliphatic rings. The molecule has 170 valence electrons. The van der Waals surface area contributed by atoms with Crippen LogP contribution >= 0.6 is 15.9 Å². The number of hydrogen-bond donors (Lipinski definition) is 2. The Labute approximate surface area is 201 Å². The van der Waals surface area contributed by atoms with Crippen molar-refractivity contribution in [3.63, 3.8) is 0 Å². The number of benzene rings is 3. The van der Waals surface area contributed by atoms with Crippen molar-refractivity contribution in [2.45, 2.75) is 25.4 Å². The zero-order chi connectivity index (χ0) is 23.2. The molecule has 33 heavy (non-hydrogen) atoms. The Balaban J connectivity index is 1.34. The second kappa shape index (κ2) is 10.6. The van der Waals surface area contributed by atoms with Gasteiger partial charge in [0.2, 0.25) is 0 Å². The fourth-order valence-electron chi connectivity index (χ4n) is 3.96. The Kier molecular flexibility index (Phi) is 7.40. The molecule has 1 fully saturated rings. The van der Waals surface area contributed by atoms with Gasteiger partial charge in [-0.05, 0) is 66.9 Å². The lowest BCUT2D eigenvalue weighted by Gasteiger charge is -2.35. The summed E-state index contributed by atoms with van der Waals surface area (Å²) in [5, 5.41) is 6.04. The second-order valence-corrected chi connectivity index (χ2v) is 8.98. The van der Waals surface area contributed by atoms with E-state index in [0.29, 0.717) is 17.7 Å². The van der Waals surface area contributed by atoms with E-state index in [1.807, 2.05) is 36.4 Å². The van der Waals surface area contributed by atoms with Gasteiger partial charge in [-0.2, -0.15) is 0 Å². The summed E-state index contributed by atoms with van der Waals surface area (Å²) in [6.07, 6.45) is 1.60. The molecule has 3 aromatic rings. The normalized spacial score (nSPS) is 14.1. The molecule has 7 heteroatoms. The zero-order valence-electron chi connectivity index (χ0n) is 18.1. The molecule has 2 N–H and O–H groups in total. The number of carbonyl (C=O) groups excluding carboxylic acids is 2. The van der Waals surface area contributed by atoms with Crippen molar-refractivity contribution in [1.82, 2.24) is 10.6 Å². The monoisotopic (exact) mass is 509 g/mol. The highest BCUT2D eigenvalue weighted by molar-refractivity contribution is 9.10. The minimum atomic E-state index is -0.299. The van der Waals surface area contributed by atoms with Crippen LogP contribution in [0.25, 0.3) is 0 Å². The molecule has 5 nitrogen and oxygen atoms in total. The maximum absolute atomic E-state index is 13.1. The van der Waals surface area contributed by atoms with Crippen LogP contribution in [0, 0.1) is 5.82 Å². The van der Waals surface area contributed by atoms with Gasteiger partial charge < -0.3 is 15.5 Å². The van der Waals surface area contributed by atoms with E-state index in [4.69, 9.17) is 0 Å². The van der Waals surface area contributed by atoms with Gasteiger partial charge in [-0.25, -0.2) is 4.39 Å². The number of nitrogens with zero attached hydrogens (tertiary/aromatic N) is 1. The molecule has 0 aliphatic carbocycles. The van der Waals surface area contributed by atoms with Crippen LogP contribution < -0.4 is 15.5 Å². The van der Waals surface area contributed by atoms with Crippen LogP contribution in [0.5, 0.6) is 0 Å². The summed E-state index contributed by atoms with van der Waals surface area (Å²) < 4.78 is 14.0. The van der Waals surface area contributed by atoms with Crippen molar-refractivity contribution in [3.05, 3.63) is 99.8 Å². The van der Waals surface area contributed by atoms with Gasteiger partial charge in [0.05, 0.1) is 5.56 Å². The molecule has 1 aliphatic heterocycles. The van der Waals surface area contributed by atoms with E-state index in [1.54, 1.807) is 24.3 Å². The highest BCUT2D eigenvalue weighted by atomic mass is 79.9. The first-order valence-corrected chi connectivity index (χ1v) is 11.7. The predicted octanol–water partition coefficient (Wildman–Crippen LogP) is 4.92. The van der Waals surface area contributed by atoms with Crippen LogP contribution in [0.4, 0.5) is 10.1 Å². The number of amides is 2. The zero-order valence-corrected chi connectivity index (χ0v) is 19.6. The van der Waals surface area contributed by atoms with Crippen LogP contribution in [-0.2, 0) is 6.54 Å². The van der Waals surface area contributed by atoms with Gasteiger partial charge in [0.1, 0.15) is 5.82 Å². The summed E-state index contributed by atoms with van der Waals surface area (Å²) in [7, 11) is 0. The van der Waals surface area contributed by atoms with E-state index in [1.165, 1.54) is 12.1 Å². The van der Waals surface area contributed by atoms with E-state index in [-0.39, 0.29) is 23.7 Å². The standard InChI is InChI=1S/C26H25BrFN3O2/c27-20-9-7-19(8-10-20)25(32)30-22-13-15-31(16-14-22)24-4-2-1-3-23(24)26(33)29-17-18-5-11-21(28)12-6-18/h1-12,22H,13-17H2,(H,29,33)(H,30,32). The predicted molar refractivity (Wildman–Crippen MR) is 131 cm³/mol. The average Bonchev–Trinajstić information content (AvgIpc) is 2.84. The van der Waals surface area contributed by atoms with E-state index in [0.717, 1.165) is 41.7 Å². The van der Waals surface area contributed by atoms with Gasteiger partial charge in [-0.3, -0.25) is 9.59 Å². The Hall–Kier alpha value is -3.19. The first kappa shape index (κ1) is 23.0. The number of nitrogens with one attached hydrogen (secondary N) is 2. The average molecular weight is 510 g/mol. The molecule has 0 bridgehead atoms.